The van der Waals surface area contributed by atoms with Crippen LogP contribution >= 0.6 is 11.3 Å². The first-order valence-electron chi connectivity index (χ1n) is 9.53. The molecular formula is C23H20N2O2S. The Morgan fingerprint density at radius 2 is 1.89 bits per heavy atom. The van der Waals surface area contributed by atoms with Crippen molar-refractivity contribution in [1.82, 2.24) is 5.32 Å². The highest BCUT2D eigenvalue weighted by Crippen LogP contribution is 2.39. The third-order valence-corrected chi connectivity index (χ3v) is 6.77. The van der Waals surface area contributed by atoms with Gasteiger partial charge in [-0.25, -0.2) is 0 Å². The van der Waals surface area contributed by atoms with Gasteiger partial charge < -0.3 is 10.6 Å². The molecule has 0 bridgehead atoms. The summed E-state index contributed by atoms with van der Waals surface area (Å²) in [4.78, 5) is 26.4. The van der Waals surface area contributed by atoms with E-state index in [2.05, 4.69) is 34.9 Å². The molecule has 1 aliphatic carbocycles. The van der Waals surface area contributed by atoms with E-state index in [1.54, 1.807) is 11.3 Å². The van der Waals surface area contributed by atoms with Gasteiger partial charge in [0.05, 0.1) is 17.3 Å². The minimum Gasteiger partial charge on any atom is -0.345 e. The Morgan fingerprint density at radius 3 is 2.79 bits per heavy atom. The second kappa shape index (κ2) is 6.60. The molecule has 2 N–H and O–H groups in total. The summed E-state index contributed by atoms with van der Waals surface area (Å²) in [5.41, 5.74) is 6.76. The molecule has 2 amide bonds. The average molecular weight is 388 g/mol. The largest absolute Gasteiger partial charge is 0.345 e. The highest BCUT2D eigenvalue weighted by atomic mass is 32.1. The summed E-state index contributed by atoms with van der Waals surface area (Å²) in [5, 5.41) is 5.96. The van der Waals surface area contributed by atoms with Crippen molar-refractivity contribution >= 4 is 28.8 Å². The van der Waals surface area contributed by atoms with Crippen molar-refractivity contribution in [3.63, 3.8) is 0 Å². The van der Waals surface area contributed by atoms with E-state index in [0.717, 1.165) is 34.5 Å². The molecule has 5 heteroatoms. The number of nitrogens with one attached hydrogen (secondary N) is 2. The quantitative estimate of drug-likeness (QED) is 0.694. The van der Waals surface area contributed by atoms with Gasteiger partial charge in [0, 0.05) is 10.6 Å². The number of anilines is 1. The zero-order chi connectivity index (χ0) is 19.3. The van der Waals surface area contributed by atoms with Crippen LogP contribution < -0.4 is 10.6 Å². The first-order chi connectivity index (χ1) is 13.6. The van der Waals surface area contributed by atoms with Crippen molar-refractivity contribution in [1.29, 1.82) is 0 Å². The molecule has 0 fully saturated rings. The Morgan fingerprint density at radius 1 is 1.07 bits per heavy atom. The molecule has 1 aliphatic heterocycles. The molecular weight excluding hydrogens is 368 g/mol. The van der Waals surface area contributed by atoms with Crippen molar-refractivity contribution < 1.29 is 9.59 Å². The summed E-state index contributed by atoms with van der Waals surface area (Å²) < 4.78 is 0. The van der Waals surface area contributed by atoms with Crippen LogP contribution in [-0.4, -0.2) is 11.8 Å². The third-order valence-electron chi connectivity index (χ3n) is 5.56. The van der Waals surface area contributed by atoms with Crippen molar-refractivity contribution in [3.05, 3.63) is 75.7 Å². The zero-order valence-electron chi connectivity index (χ0n) is 15.5. The van der Waals surface area contributed by atoms with Gasteiger partial charge in [0.1, 0.15) is 0 Å². The van der Waals surface area contributed by atoms with E-state index in [1.165, 1.54) is 21.6 Å². The van der Waals surface area contributed by atoms with Crippen LogP contribution in [0, 0.1) is 0 Å². The molecule has 2 aromatic carbocycles. The molecule has 2 heterocycles. The monoisotopic (exact) mass is 388 g/mol. The van der Waals surface area contributed by atoms with E-state index in [4.69, 9.17) is 0 Å². The Hall–Kier alpha value is -2.92. The number of carbonyl (C=O) groups is 2. The molecule has 4 nitrogen and oxygen atoms in total. The Bertz CT molecular complexity index is 1120. The summed E-state index contributed by atoms with van der Waals surface area (Å²) >= 11 is 1.58. The zero-order valence-corrected chi connectivity index (χ0v) is 16.4. The maximum atomic E-state index is 12.9. The van der Waals surface area contributed by atoms with E-state index in [1.807, 2.05) is 31.2 Å². The maximum Gasteiger partial charge on any atom is 0.261 e. The Labute approximate surface area is 167 Å². The molecule has 0 saturated carbocycles. The number of fused-ring (bicyclic) bond motifs is 4. The van der Waals surface area contributed by atoms with Gasteiger partial charge in [-0.1, -0.05) is 36.4 Å². The lowest BCUT2D eigenvalue weighted by atomic mass is 9.91. The second-order valence-corrected chi connectivity index (χ2v) is 8.51. The van der Waals surface area contributed by atoms with Crippen LogP contribution in [0.3, 0.4) is 0 Å². The van der Waals surface area contributed by atoms with Crippen LogP contribution in [0.2, 0.25) is 0 Å². The molecule has 140 valence electrons. The third kappa shape index (κ3) is 2.92. The number of hydrogen-bond donors (Lipinski definition) is 2. The number of hydrogen-bond acceptors (Lipinski definition) is 3. The fraction of sp³-hybridized carbons (Fsp3) is 0.217. The van der Waals surface area contributed by atoms with E-state index in [0.29, 0.717) is 6.42 Å². The fourth-order valence-corrected chi connectivity index (χ4v) is 5.23. The van der Waals surface area contributed by atoms with Crippen LogP contribution in [0.5, 0.6) is 0 Å². The van der Waals surface area contributed by atoms with Crippen LogP contribution in [0.15, 0.2) is 48.5 Å². The van der Waals surface area contributed by atoms with E-state index >= 15 is 0 Å². The highest BCUT2D eigenvalue weighted by molar-refractivity contribution is 7.17. The van der Waals surface area contributed by atoms with E-state index < -0.39 is 0 Å². The molecule has 2 aliphatic rings. The van der Waals surface area contributed by atoms with Crippen LogP contribution in [0.1, 0.15) is 44.9 Å². The molecule has 1 atom stereocenters. The van der Waals surface area contributed by atoms with Crippen molar-refractivity contribution in [2.45, 2.75) is 32.2 Å². The van der Waals surface area contributed by atoms with E-state index in [-0.39, 0.29) is 17.9 Å². The number of aryl methyl sites for hydroxylation is 2. The smallest absolute Gasteiger partial charge is 0.261 e. The Balaban J connectivity index is 1.36. The topological polar surface area (TPSA) is 58.2 Å². The molecule has 0 radical (unpaired) electrons. The number of carbonyl (C=O) groups excluding carboxylic acids is 2. The van der Waals surface area contributed by atoms with Gasteiger partial charge >= 0.3 is 0 Å². The van der Waals surface area contributed by atoms with Crippen molar-refractivity contribution in [2.24, 2.45) is 0 Å². The summed E-state index contributed by atoms with van der Waals surface area (Å²) in [7, 11) is 0. The average Bonchev–Trinajstić information content (AvgIpc) is 3.29. The number of thiophene rings is 1. The Kier molecular flexibility index (Phi) is 4.05. The van der Waals surface area contributed by atoms with Gasteiger partial charge in [-0.3, -0.25) is 9.59 Å². The number of rotatable bonds is 3. The van der Waals surface area contributed by atoms with Gasteiger partial charge in [0.15, 0.2) is 0 Å². The summed E-state index contributed by atoms with van der Waals surface area (Å²) in [6.07, 6.45) is 2.41. The molecule has 0 spiro atoms. The summed E-state index contributed by atoms with van der Waals surface area (Å²) in [6.45, 7) is 1.98. The molecule has 5 rings (SSSR count). The number of amides is 2. The lowest BCUT2D eigenvalue weighted by molar-refractivity contribution is -0.115. The van der Waals surface area contributed by atoms with Crippen LogP contribution in [0.25, 0.3) is 10.4 Å². The first kappa shape index (κ1) is 17.2. The van der Waals surface area contributed by atoms with Gasteiger partial charge in [-0.15, -0.1) is 11.3 Å². The van der Waals surface area contributed by atoms with Crippen LogP contribution in [-0.2, 0) is 24.1 Å². The van der Waals surface area contributed by atoms with Gasteiger partial charge in [0.2, 0.25) is 5.91 Å². The molecule has 1 aromatic heterocycles. The van der Waals surface area contributed by atoms with Gasteiger partial charge in [-0.05, 0) is 59.7 Å². The second-order valence-electron chi connectivity index (χ2n) is 7.46. The fourth-order valence-electron chi connectivity index (χ4n) is 4.05. The SMILES string of the molecule is CC(NC(=O)c1cc2c(s1)-c1ccccc1CC2)c1ccc2c(c1)CC(=O)N2. The normalized spacial score (nSPS) is 15.2. The number of benzene rings is 2. The minimum atomic E-state index is -0.125. The minimum absolute atomic E-state index is 0.0216. The van der Waals surface area contributed by atoms with Gasteiger partial charge in [0.25, 0.3) is 5.91 Å². The molecule has 3 aromatic rings. The first-order valence-corrected chi connectivity index (χ1v) is 10.3. The molecule has 28 heavy (non-hydrogen) atoms. The van der Waals surface area contributed by atoms with E-state index in [9.17, 15) is 9.59 Å². The highest BCUT2D eigenvalue weighted by Gasteiger charge is 2.23. The van der Waals surface area contributed by atoms with Gasteiger partial charge in [-0.2, -0.15) is 0 Å². The van der Waals surface area contributed by atoms with Crippen molar-refractivity contribution in [3.8, 4) is 10.4 Å². The predicted molar refractivity (Wildman–Crippen MR) is 112 cm³/mol. The van der Waals surface area contributed by atoms with Crippen LogP contribution in [0.4, 0.5) is 5.69 Å². The molecule has 1 unspecified atom stereocenters. The standard InChI is InChI=1S/C23H20N2O2S/c1-13(15-8-9-19-17(10-15)12-21(26)25-19)24-23(27)20-11-16-7-6-14-4-2-3-5-18(14)22(16)28-20/h2-5,8-11,13H,6-7,12H2,1H3,(H,24,27)(H,25,26). The lowest BCUT2D eigenvalue weighted by Gasteiger charge is -2.15. The maximum absolute atomic E-state index is 12.9. The molecule has 0 saturated heterocycles. The predicted octanol–water partition coefficient (Wildman–Crippen LogP) is 4.50. The lowest BCUT2D eigenvalue weighted by Crippen LogP contribution is -2.25. The summed E-state index contributed by atoms with van der Waals surface area (Å²) in [5.74, 6) is -0.0210. The summed E-state index contributed by atoms with van der Waals surface area (Å²) in [6, 6.07) is 16.3. The van der Waals surface area contributed by atoms with Crippen molar-refractivity contribution in [2.75, 3.05) is 5.32 Å².